The molecule has 0 radical (unpaired) electrons. The molecule has 3 heterocycles. The van der Waals surface area contributed by atoms with Crippen molar-refractivity contribution < 1.29 is 9.63 Å². The number of allylic oxidation sites excluding steroid dienone is 1. The number of hydrogen-bond acceptors (Lipinski definition) is 4. The minimum Gasteiger partial charge on any atom is -0.390 e. The van der Waals surface area contributed by atoms with Gasteiger partial charge in [0, 0.05) is 30.9 Å². The number of nitrogens with one attached hydrogen (secondary N) is 1. The summed E-state index contributed by atoms with van der Waals surface area (Å²) in [4.78, 5) is 20.6. The van der Waals surface area contributed by atoms with Gasteiger partial charge >= 0.3 is 0 Å². The molecule has 0 aliphatic carbocycles. The molecular weight excluding hydrogens is 400 g/mol. The van der Waals surface area contributed by atoms with E-state index >= 15 is 0 Å². The molecule has 150 valence electrons. The number of benzene rings is 2. The first-order valence-corrected chi connectivity index (χ1v) is 9.97. The van der Waals surface area contributed by atoms with Crippen molar-refractivity contribution in [1.82, 2.24) is 15.3 Å². The van der Waals surface area contributed by atoms with Gasteiger partial charge in [0.15, 0.2) is 0 Å². The van der Waals surface area contributed by atoms with E-state index in [4.69, 9.17) is 16.4 Å². The third-order valence-corrected chi connectivity index (χ3v) is 5.65. The summed E-state index contributed by atoms with van der Waals surface area (Å²) < 4.78 is 1.73. The van der Waals surface area contributed by atoms with Crippen molar-refractivity contribution in [3.63, 3.8) is 0 Å². The quantitative estimate of drug-likeness (QED) is 0.676. The van der Waals surface area contributed by atoms with Crippen LogP contribution in [0.15, 0.2) is 78.3 Å². The molecule has 1 aromatic heterocycles. The van der Waals surface area contributed by atoms with Gasteiger partial charge in [-0.15, -0.1) is 0 Å². The predicted octanol–water partition coefficient (Wildman–Crippen LogP) is 4.25. The van der Waals surface area contributed by atoms with Crippen LogP contribution in [0.5, 0.6) is 0 Å². The van der Waals surface area contributed by atoms with Crippen molar-refractivity contribution >= 4 is 23.2 Å². The van der Waals surface area contributed by atoms with Gasteiger partial charge in [-0.1, -0.05) is 35.9 Å². The third-order valence-electron chi connectivity index (χ3n) is 5.34. The van der Waals surface area contributed by atoms with E-state index in [9.17, 15) is 4.79 Å². The second-order valence-corrected chi connectivity index (χ2v) is 7.70. The molecule has 6 nitrogen and oxygen atoms in total. The van der Waals surface area contributed by atoms with Gasteiger partial charge in [0.2, 0.25) is 0 Å². The number of nitrogens with zero attached hydrogens (tertiary/aromatic N) is 3. The van der Waals surface area contributed by atoms with E-state index < -0.39 is 0 Å². The zero-order chi connectivity index (χ0) is 20.7. The summed E-state index contributed by atoms with van der Waals surface area (Å²) in [7, 11) is 1.86. The lowest BCUT2D eigenvalue weighted by atomic mass is 10.1. The zero-order valence-corrected chi connectivity index (χ0v) is 17.1. The standard InChI is InChI=1S/C23H19ClN4O2/c1-27-10-8-20(25-27)15-6-7-18(19(24)12-15)23(29)28-14-17-9-11-30-26-21(17)13-16-4-2-3-5-22(16)28/h2-12,26H,13-14H2,1H3. The minimum absolute atomic E-state index is 0.145. The first-order chi connectivity index (χ1) is 14.6. The maximum atomic E-state index is 13.6. The van der Waals surface area contributed by atoms with Crippen LogP contribution in [0.25, 0.3) is 11.3 Å². The van der Waals surface area contributed by atoms with E-state index in [1.54, 1.807) is 28.0 Å². The molecule has 0 bridgehead atoms. The second kappa shape index (κ2) is 7.39. The fourth-order valence-corrected chi connectivity index (χ4v) is 4.06. The molecule has 30 heavy (non-hydrogen) atoms. The maximum Gasteiger partial charge on any atom is 0.260 e. The van der Waals surface area contributed by atoms with Gasteiger partial charge in [-0.3, -0.25) is 9.48 Å². The highest BCUT2D eigenvalue weighted by Gasteiger charge is 2.28. The zero-order valence-electron chi connectivity index (χ0n) is 16.3. The average molecular weight is 419 g/mol. The van der Waals surface area contributed by atoms with Crippen LogP contribution < -0.4 is 10.4 Å². The van der Waals surface area contributed by atoms with Crippen molar-refractivity contribution in [2.75, 3.05) is 11.4 Å². The van der Waals surface area contributed by atoms with Gasteiger partial charge < -0.3 is 9.74 Å². The topological polar surface area (TPSA) is 59.4 Å². The Hall–Kier alpha value is -3.51. The van der Waals surface area contributed by atoms with Crippen LogP contribution in [0.4, 0.5) is 5.69 Å². The molecule has 0 fully saturated rings. The highest BCUT2D eigenvalue weighted by atomic mass is 35.5. The van der Waals surface area contributed by atoms with Gasteiger partial charge in [0.25, 0.3) is 5.91 Å². The molecule has 0 atom stereocenters. The Kier molecular flexibility index (Phi) is 4.56. The molecule has 0 spiro atoms. The number of carbonyl (C=O) groups excluding carboxylic acids is 1. The Labute approximate surface area is 179 Å². The summed E-state index contributed by atoms with van der Waals surface area (Å²) >= 11 is 6.57. The SMILES string of the molecule is Cn1ccc(-c2ccc(C(=O)N3CC4=C(Cc5ccccc53)NOC=C4)c(Cl)c2)n1. The van der Waals surface area contributed by atoms with Crippen molar-refractivity contribution in [2.24, 2.45) is 7.05 Å². The van der Waals surface area contributed by atoms with Crippen LogP contribution in [0.2, 0.25) is 5.02 Å². The smallest absolute Gasteiger partial charge is 0.260 e. The fourth-order valence-electron chi connectivity index (χ4n) is 3.80. The molecule has 2 aromatic carbocycles. The molecule has 0 saturated heterocycles. The number of halogens is 1. The van der Waals surface area contributed by atoms with E-state index in [-0.39, 0.29) is 5.91 Å². The largest absolute Gasteiger partial charge is 0.390 e. The second-order valence-electron chi connectivity index (χ2n) is 7.29. The lowest BCUT2D eigenvalue weighted by Gasteiger charge is -2.24. The van der Waals surface area contributed by atoms with Crippen LogP contribution in [0.3, 0.4) is 0 Å². The van der Waals surface area contributed by atoms with Gasteiger partial charge in [-0.05, 0) is 41.5 Å². The van der Waals surface area contributed by atoms with Crippen LogP contribution in [0.1, 0.15) is 15.9 Å². The molecule has 2 aliphatic heterocycles. The lowest BCUT2D eigenvalue weighted by Crippen LogP contribution is -2.33. The number of anilines is 1. The van der Waals surface area contributed by atoms with Crippen molar-refractivity contribution in [1.29, 1.82) is 0 Å². The van der Waals surface area contributed by atoms with Gasteiger partial charge in [-0.2, -0.15) is 5.10 Å². The van der Waals surface area contributed by atoms with Gasteiger partial charge in [0.05, 0.1) is 28.5 Å². The third kappa shape index (κ3) is 3.25. The Morgan fingerprint density at radius 1 is 1.20 bits per heavy atom. The van der Waals surface area contributed by atoms with E-state index in [1.807, 2.05) is 55.7 Å². The Morgan fingerprint density at radius 3 is 2.87 bits per heavy atom. The van der Waals surface area contributed by atoms with E-state index in [2.05, 4.69) is 10.6 Å². The monoisotopic (exact) mass is 418 g/mol. The molecule has 5 rings (SSSR count). The molecule has 1 N–H and O–H groups in total. The number of carbonyl (C=O) groups is 1. The fraction of sp³-hybridized carbons (Fsp3) is 0.130. The summed E-state index contributed by atoms with van der Waals surface area (Å²) in [6.45, 7) is 0.427. The first kappa shape index (κ1) is 18.5. The van der Waals surface area contributed by atoms with Crippen molar-refractivity contribution in [2.45, 2.75) is 6.42 Å². The lowest BCUT2D eigenvalue weighted by molar-refractivity contribution is 0.0989. The summed E-state index contributed by atoms with van der Waals surface area (Å²) in [6, 6.07) is 15.3. The van der Waals surface area contributed by atoms with Crippen LogP contribution in [-0.4, -0.2) is 22.2 Å². The van der Waals surface area contributed by atoms with E-state index in [1.165, 1.54) is 0 Å². The highest BCUT2D eigenvalue weighted by molar-refractivity contribution is 6.35. The summed E-state index contributed by atoms with van der Waals surface area (Å²) in [6.07, 6.45) is 6.01. The number of amides is 1. The number of aromatic nitrogens is 2. The summed E-state index contributed by atoms with van der Waals surface area (Å²) in [5, 5.41) is 4.81. The average Bonchev–Trinajstić information content (AvgIpc) is 3.11. The molecular formula is C23H19ClN4O2. The predicted molar refractivity (Wildman–Crippen MR) is 116 cm³/mol. The van der Waals surface area contributed by atoms with Crippen LogP contribution >= 0.6 is 11.6 Å². The molecule has 0 unspecified atom stereocenters. The van der Waals surface area contributed by atoms with Crippen molar-refractivity contribution in [3.05, 3.63) is 94.5 Å². The molecule has 7 heteroatoms. The first-order valence-electron chi connectivity index (χ1n) is 9.60. The minimum atomic E-state index is -0.145. The Bertz CT molecular complexity index is 1210. The number of hydroxylamine groups is 1. The Morgan fingerprint density at radius 2 is 2.07 bits per heavy atom. The highest BCUT2D eigenvalue weighted by Crippen LogP contribution is 2.33. The molecule has 3 aromatic rings. The normalized spacial score (nSPS) is 15.1. The number of aryl methyl sites for hydroxylation is 1. The number of hydrogen-bond donors (Lipinski definition) is 1. The van der Waals surface area contributed by atoms with Gasteiger partial charge in [-0.25, -0.2) is 5.48 Å². The molecule has 0 saturated carbocycles. The summed E-state index contributed by atoms with van der Waals surface area (Å²) in [5.74, 6) is -0.145. The maximum absolute atomic E-state index is 13.6. The van der Waals surface area contributed by atoms with Crippen LogP contribution in [0, 0.1) is 0 Å². The van der Waals surface area contributed by atoms with Crippen molar-refractivity contribution in [3.8, 4) is 11.3 Å². The number of para-hydroxylation sites is 1. The van der Waals surface area contributed by atoms with E-state index in [0.717, 1.165) is 33.8 Å². The number of fused-ring (bicyclic) bond motifs is 1. The van der Waals surface area contributed by atoms with Gasteiger partial charge in [0.1, 0.15) is 6.26 Å². The Balaban J connectivity index is 1.53. The van der Waals surface area contributed by atoms with E-state index in [0.29, 0.717) is 23.6 Å². The molecule has 2 aliphatic rings. The molecule has 1 amide bonds. The van der Waals surface area contributed by atoms with Crippen LogP contribution in [-0.2, 0) is 18.3 Å². The summed E-state index contributed by atoms with van der Waals surface area (Å²) in [5.41, 5.74) is 8.98. The number of rotatable bonds is 2.